The lowest BCUT2D eigenvalue weighted by Gasteiger charge is -2.37. The predicted octanol–water partition coefficient (Wildman–Crippen LogP) is 15.7. The molecular weight excluding hydrogens is 723 g/mol. The molecule has 0 aromatic heterocycles. The molecule has 4 bridgehead atoms. The van der Waals surface area contributed by atoms with Crippen LogP contribution in [0.25, 0.3) is 77.2 Å². The zero-order valence-electron chi connectivity index (χ0n) is 33.3. The molecule has 60 heavy (non-hydrogen) atoms. The number of nitrogens with zero attached hydrogens (tertiary/aromatic N) is 1. The van der Waals surface area contributed by atoms with Crippen molar-refractivity contribution in [1.29, 1.82) is 0 Å². The van der Waals surface area contributed by atoms with Crippen LogP contribution in [0, 0.1) is 0 Å². The summed E-state index contributed by atoms with van der Waals surface area (Å²) in [7, 11) is 0. The van der Waals surface area contributed by atoms with Gasteiger partial charge in [0.1, 0.15) is 0 Å². The van der Waals surface area contributed by atoms with Gasteiger partial charge in [-0.3, -0.25) is 0 Å². The normalized spacial score (nSPS) is 15.4. The summed E-state index contributed by atoms with van der Waals surface area (Å²) < 4.78 is 0. The molecule has 280 valence electrons. The highest BCUT2D eigenvalue weighted by molar-refractivity contribution is 6.10. The Bertz CT molecular complexity index is 3420. The molecule has 4 aliphatic rings. The van der Waals surface area contributed by atoms with Gasteiger partial charge in [-0.1, -0.05) is 176 Å². The molecule has 2 aliphatic carbocycles. The lowest BCUT2D eigenvalue weighted by molar-refractivity contribution is 0.714. The van der Waals surface area contributed by atoms with Crippen molar-refractivity contribution >= 4 is 38.6 Å². The predicted molar refractivity (Wildman–Crippen MR) is 252 cm³/mol. The summed E-state index contributed by atoms with van der Waals surface area (Å²) in [6.07, 6.45) is 0.858. The summed E-state index contributed by atoms with van der Waals surface area (Å²) in [5.74, 6) is 0. The van der Waals surface area contributed by atoms with Crippen LogP contribution in [0.5, 0.6) is 0 Å². The number of para-hydroxylation sites is 1. The van der Waals surface area contributed by atoms with Crippen LogP contribution in [0.2, 0.25) is 0 Å². The number of benzene rings is 10. The minimum atomic E-state index is -0.465. The van der Waals surface area contributed by atoms with E-state index in [2.05, 4.69) is 218 Å². The topological polar surface area (TPSA) is 3.24 Å². The monoisotopic (exact) mass is 761 g/mol. The van der Waals surface area contributed by atoms with Gasteiger partial charge in [0.2, 0.25) is 0 Å². The van der Waals surface area contributed by atoms with Crippen molar-refractivity contribution in [3.8, 4) is 55.6 Å². The molecule has 0 saturated carbocycles. The lowest BCUT2D eigenvalue weighted by Crippen LogP contribution is -2.26. The molecule has 2 heterocycles. The molecule has 2 aliphatic heterocycles. The number of hydrogen-bond acceptors (Lipinski definition) is 1. The highest BCUT2D eigenvalue weighted by Crippen LogP contribution is 2.60. The van der Waals surface area contributed by atoms with Crippen molar-refractivity contribution in [2.75, 3.05) is 4.90 Å². The molecule has 10 aromatic rings. The van der Waals surface area contributed by atoms with Crippen molar-refractivity contribution in [1.82, 2.24) is 0 Å². The van der Waals surface area contributed by atoms with Crippen molar-refractivity contribution in [2.24, 2.45) is 0 Å². The van der Waals surface area contributed by atoms with Gasteiger partial charge in [-0.2, -0.15) is 0 Å². The summed E-state index contributed by atoms with van der Waals surface area (Å²) in [4.78, 5) is 2.63. The Morgan fingerprint density at radius 3 is 1.90 bits per heavy atom. The number of anilines is 3. The fourth-order valence-electron chi connectivity index (χ4n) is 11.2. The smallest absolute Gasteiger partial charge is 0.0543 e. The lowest BCUT2D eigenvalue weighted by atomic mass is 9.72. The molecular formula is C59H39N. The zero-order chi connectivity index (χ0) is 39.5. The van der Waals surface area contributed by atoms with Crippen LogP contribution in [0.15, 0.2) is 206 Å². The van der Waals surface area contributed by atoms with Crippen molar-refractivity contribution in [3.05, 3.63) is 234 Å². The quantitative estimate of drug-likeness (QED) is 0.170. The molecule has 14 rings (SSSR count). The summed E-state index contributed by atoms with van der Waals surface area (Å²) in [6, 6.07) is 77.9. The second-order valence-electron chi connectivity index (χ2n) is 16.9. The third-order valence-corrected chi connectivity index (χ3v) is 13.9. The van der Waals surface area contributed by atoms with Crippen LogP contribution >= 0.6 is 0 Å². The van der Waals surface area contributed by atoms with Gasteiger partial charge in [-0.25, -0.2) is 0 Å². The maximum atomic E-state index is 2.63. The van der Waals surface area contributed by atoms with Crippen molar-refractivity contribution in [2.45, 2.75) is 18.8 Å². The Labute approximate surface area is 350 Å². The first-order valence-electron chi connectivity index (χ1n) is 21.1. The van der Waals surface area contributed by atoms with Gasteiger partial charge in [0.25, 0.3) is 0 Å². The molecule has 0 spiro atoms. The standard InChI is InChI=1S/C59H39N/c1-59-43-22-11-21-41(34-43)45-25-12-19-38-20-13-26-48(56(38)45)46-31-32-54(57-50-35-40-18-6-5-17-39(40)33-42(50)36-51(46)57)60(53-29-10-8-23-44(53)37-15-3-2-4-16-37)55-30-14-27-49(58(55)59)47-24-7-9-28-52(47)59/h2-35H,36H2,1H3. The van der Waals surface area contributed by atoms with E-state index in [9.17, 15) is 0 Å². The van der Waals surface area contributed by atoms with Crippen LogP contribution in [0.4, 0.5) is 17.1 Å². The number of fused-ring (bicyclic) bond motifs is 5. The van der Waals surface area contributed by atoms with E-state index in [-0.39, 0.29) is 0 Å². The fourth-order valence-corrected chi connectivity index (χ4v) is 11.2. The van der Waals surface area contributed by atoms with Crippen LogP contribution < -0.4 is 4.90 Å². The van der Waals surface area contributed by atoms with Crippen LogP contribution in [-0.4, -0.2) is 0 Å². The van der Waals surface area contributed by atoms with Crippen molar-refractivity contribution in [3.63, 3.8) is 0 Å². The van der Waals surface area contributed by atoms with Gasteiger partial charge in [0.05, 0.1) is 17.1 Å². The summed E-state index contributed by atoms with van der Waals surface area (Å²) >= 11 is 0. The Morgan fingerprint density at radius 1 is 0.400 bits per heavy atom. The maximum absolute atomic E-state index is 2.63. The summed E-state index contributed by atoms with van der Waals surface area (Å²) in [6.45, 7) is 2.47. The van der Waals surface area contributed by atoms with Crippen LogP contribution in [-0.2, 0) is 11.8 Å². The van der Waals surface area contributed by atoms with E-state index in [1.54, 1.807) is 0 Å². The third-order valence-electron chi connectivity index (χ3n) is 13.9. The first-order chi connectivity index (χ1) is 29.6. The van der Waals surface area contributed by atoms with Gasteiger partial charge >= 0.3 is 0 Å². The Morgan fingerprint density at radius 2 is 1.03 bits per heavy atom. The Balaban J connectivity index is 1.25. The Hall–Kier alpha value is -7.48. The minimum Gasteiger partial charge on any atom is -0.309 e. The molecule has 0 amide bonds. The van der Waals surface area contributed by atoms with Crippen LogP contribution in [0.1, 0.15) is 34.7 Å². The van der Waals surface area contributed by atoms with E-state index < -0.39 is 5.41 Å². The number of hydrogen-bond donors (Lipinski definition) is 0. The first-order valence-corrected chi connectivity index (χ1v) is 21.1. The first kappa shape index (κ1) is 33.5. The second kappa shape index (κ2) is 12.5. The van der Waals surface area contributed by atoms with Gasteiger partial charge in [-0.15, -0.1) is 0 Å². The SMILES string of the molecule is CC12c3cccc(c3)-c3cccc4cccc(c34)-c3ccc(c4c3Cc3cc5ccccc5cc3-4)N(c3ccccc3-c3ccccc3)c3cccc(c31)-c1ccccc12. The van der Waals surface area contributed by atoms with Crippen LogP contribution in [0.3, 0.4) is 0 Å². The molecule has 1 unspecified atom stereocenters. The third kappa shape index (κ3) is 4.58. The fraction of sp³-hybridized carbons (Fsp3) is 0.0508. The minimum absolute atomic E-state index is 0.465. The molecule has 1 atom stereocenters. The van der Waals surface area contributed by atoms with E-state index in [0.717, 1.165) is 12.1 Å². The van der Waals surface area contributed by atoms with E-state index in [4.69, 9.17) is 0 Å². The Kier molecular flexibility index (Phi) is 6.98. The van der Waals surface area contributed by atoms with E-state index >= 15 is 0 Å². The van der Waals surface area contributed by atoms with E-state index in [1.807, 2.05) is 0 Å². The van der Waals surface area contributed by atoms with E-state index in [0.29, 0.717) is 0 Å². The molecule has 1 nitrogen and oxygen atoms in total. The highest BCUT2D eigenvalue weighted by Gasteiger charge is 2.44. The largest absolute Gasteiger partial charge is 0.309 e. The molecule has 1 heteroatoms. The van der Waals surface area contributed by atoms with Gasteiger partial charge in [-0.05, 0) is 138 Å². The highest BCUT2D eigenvalue weighted by atomic mass is 15.2. The average molecular weight is 762 g/mol. The number of rotatable bonds is 2. The molecule has 0 saturated heterocycles. The van der Waals surface area contributed by atoms with Gasteiger partial charge < -0.3 is 4.90 Å². The second-order valence-corrected chi connectivity index (χ2v) is 16.9. The molecule has 10 aromatic carbocycles. The molecule has 0 N–H and O–H groups in total. The molecule has 0 fully saturated rings. The van der Waals surface area contributed by atoms with Gasteiger partial charge in [0, 0.05) is 16.5 Å². The summed E-state index contributed by atoms with van der Waals surface area (Å²) in [5, 5.41) is 5.10. The maximum Gasteiger partial charge on any atom is 0.0543 e. The zero-order valence-corrected chi connectivity index (χ0v) is 33.3. The molecule has 0 radical (unpaired) electrons. The van der Waals surface area contributed by atoms with Gasteiger partial charge in [0.15, 0.2) is 0 Å². The van der Waals surface area contributed by atoms with E-state index in [1.165, 1.54) is 116 Å². The average Bonchev–Trinajstić information content (AvgIpc) is 3.81. The van der Waals surface area contributed by atoms with Crippen molar-refractivity contribution < 1.29 is 0 Å². The summed E-state index contributed by atoms with van der Waals surface area (Å²) in [5.41, 5.74) is 22.5.